The lowest BCUT2D eigenvalue weighted by Gasteiger charge is -2.37. The van der Waals surface area contributed by atoms with Crippen LogP contribution in [0.2, 0.25) is 0 Å². The van der Waals surface area contributed by atoms with Crippen LogP contribution in [0.25, 0.3) is 0 Å². The Morgan fingerprint density at radius 2 is 1.68 bits per heavy atom. The Morgan fingerprint density at radius 3 is 2.12 bits per heavy atom. The van der Waals surface area contributed by atoms with Gasteiger partial charge in [-0.25, -0.2) is 9.18 Å². The largest absolute Gasteiger partial charge is 0.434 e. The maximum atomic E-state index is 13.7. The van der Waals surface area contributed by atoms with E-state index in [1.54, 1.807) is 18.7 Å². The number of nitrogens with one attached hydrogen (secondary N) is 1. The number of alkyl halides is 1. The van der Waals surface area contributed by atoms with Crippen molar-refractivity contribution in [2.45, 2.75) is 51.9 Å². The van der Waals surface area contributed by atoms with Gasteiger partial charge in [0.05, 0.1) is 6.61 Å². The first-order chi connectivity index (χ1) is 11.4. The Labute approximate surface area is 149 Å². The van der Waals surface area contributed by atoms with Gasteiger partial charge < -0.3 is 19.7 Å². The minimum Gasteiger partial charge on any atom is -0.434 e. The molecule has 1 fully saturated rings. The summed E-state index contributed by atoms with van der Waals surface area (Å²) < 4.78 is 24.0. The molecule has 1 saturated heterocycles. The van der Waals surface area contributed by atoms with E-state index in [9.17, 15) is 14.0 Å². The predicted octanol–water partition coefficient (Wildman–Crippen LogP) is 1.42. The summed E-state index contributed by atoms with van der Waals surface area (Å²) in [5.41, 5.74) is -1.72. The highest BCUT2D eigenvalue weighted by molar-refractivity contribution is 5.84. The number of alkyl carbamates (subject to hydrolysis) is 1. The number of amides is 2. The predicted molar refractivity (Wildman–Crippen MR) is 93.2 cm³/mol. The summed E-state index contributed by atoms with van der Waals surface area (Å²) in [5, 5.41) is 2.66. The summed E-state index contributed by atoms with van der Waals surface area (Å²) in [7, 11) is 1.45. The van der Waals surface area contributed by atoms with Gasteiger partial charge in [-0.2, -0.15) is 0 Å². The van der Waals surface area contributed by atoms with Crippen LogP contribution in [0.4, 0.5) is 9.18 Å². The number of halogens is 1. The summed E-state index contributed by atoms with van der Waals surface area (Å²) >= 11 is 0. The van der Waals surface area contributed by atoms with Crippen molar-refractivity contribution in [3.8, 4) is 0 Å². The number of ether oxygens (including phenoxy) is 2. The smallest absolute Gasteiger partial charge is 0.408 e. The Hall–Kier alpha value is -1.41. The van der Waals surface area contributed by atoms with Gasteiger partial charge in [-0.15, -0.1) is 0 Å². The minimum atomic E-state index is -1.26. The van der Waals surface area contributed by atoms with Crippen LogP contribution in [0.5, 0.6) is 0 Å². The second-order valence-corrected chi connectivity index (χ2v) is 8.04. The van der Waals surface area contributed by atoms with Crippen molar-refractivity contribution in [1.29, 1.82) is 0 Å². The lowest BCUT2D eigenvalue weighted by atomic mass is 10.1. The van der Waals surface area contributed by atoms with Gasteiger partial charge in [-0.3, -0.25) is 9.69 Å². The van der Waals surface area contributed by atoms with E-state index in [0.717, 1.165) is 0 Å². The van der Waals surface area contributed by atoms with Crippen LogP contribution in [0.1, 0.15) is 34.6 Å². The zero-order valence-electron chi connectivity index (χ0n) is 16.2. The van der Waals surface area contributed by atoms with Crippen molar-refractivity contribution >= 4 is 12.0 Å². The van der Waals surface area contributed by atoms with Crippen molar-refractivity contribution in [1.82, 2.24) is 15.1 Å². The van der Waals surface area contributed by atoms with Gasteiger partial charge in [-0.1, -0.05) is 0 Å². The average Bonchev–Trinajstić information content (AvgIpc) is 2.43. The second-order valence-electron chi connectivity index (χ2n) is 8.04. The Balaban J connectivity index is 2.58. The fraction of sp³-hybridized carbons (Fsp3) is 0.882. The number of nitrogens with zero attached hydrogens (tertiary/aromatic N) is 2. The molecule has 0 bridgehead atoms. The second kappa shape index (κ2) is 8.80. The molecule has 0 aliphatic carbocycles. The number of hydrogen-bond acceptors (Lipinski definition) is 5. The minimum absolute atomic E-state index is 0.00583. The monoisotopic (exact) mass is 361 g/mol. The summed E-state index contributed by atoms with van der Waals surface area (Å²) in [6, 6.07) is 0. The molecule has 1 atom stereocenters. The van der Waals surface area contributed by atoms with E-state index in [2.05, 4.69) is 5.32 Å². The zero-order chi connectivity index (χ0) is 19.3. The fourth-order valence-electron chi connectivity index (χ4n) is 2.63. The van der Waals surface area contributed by atoms with E-state index in [-0.39, 0.29) is 12.5 Å². The van der Waals surface area contributed by atoms with Crippen LogP contribution in [0.3, 0.4) is 0 Å². The molecule has 25 heavy (non-hydrogen) atoms. The van der Waals surface area contributed by atoms with E-state index < -0.39 is 23.4 Å². The molecule has 0 radical (unpaired) electrons. The molecule has 1 aliphatic heterocycles. The van der Waals surface area contributed by atoms with Gasteiger partial charge in [0.15, 0.2) is 0 Å². The molecule has 146 valence electrons. The van der Waals surface area contributed by atoms with E-state index in [0.29, 0.717) is 32.7 Å². The summed E-state index contributed by atoms with van der Waals surface area (Å²) in [5.74, 6) is -0.287. The van der Waals surface area contributed by atoms with Crippen molar-refractivity contribution in [3.05, 3.63) is 0 Å². The highest BCUT2D eigenvalue weighted by atomic mass is 19.1. The molecule has 0 aromatic carbocycles. The molecular formula is C17H32FN3O4. The van der Waals surface area contributed by atoms with Crippen molar-refractivity contribution in [2.75, 3.05) is 46.4 Å². The van der Waals surface area contributed by atoms with Gasteiger partial charge in [0, 0.05) is 45.4 Å². The lowest BCUT2D eigenvalue weighted by Crippen LogP contribution is -2.55. The van der Waals surface area contributed by atoms with Crippen LogP contribution in [0.15, 0.2) is 0 Å². The number of carbonyl (C=O) groups excluding carboxylic acids is 2. The quantitative estimate of drug-likeness (QED) is 0.775. The molecule has 1 aliphatic rings. The van der Waals surface area contributed by atoms with Crippen molar-refractivity contribution < 1.29 is 23.5 Å². The topological polar surface area (TPSA) is 71.1 Å². The molecule has 8 heteroatoms. The number of rotatable bonds is 6. The first-order valence-corrected chi connectivity index (χ1v) is 8.59. The van der Waals surface area contributed by atoms with Gasteiger partial charge in [0.1, 0.15) is 5.67 Å². The van der Waals surface area contributed by atoms with Crippen LogP contribution < -0.4 is 5.32 Å². The van der Waals surface area contributed by atoms with Gasteiger partial charge in [0.25, 0.3) is 5.91 Å². The molecule has 0 aromatic rings. The lowest BCUT2D eigenvalue weighted by molar-refractivity contribution is -0.145. The molecule has 1 N–H and O–H groups in total. The highest BCUT2D eigenvalue weighted by Gasteiger charge is 2.32. The molecule has 7 nitrogen and oxygen atoms in total. The SMILES string of the molecule is COC[C@H](OC(=O)NC(C)(C)C)C(=O)N1CCN(CC(C)(C)F)CC1. The van der Waals surface area contributed by atoms with Crippen LogP contribution >= 0.6 is 0 Å². The highest BCUT2D eigenvalue weighted by Crippen LogP contribution is 2.14. The number of methoxy groups -OCH3 is 1. The molecule has 0 saturated carbocycles. The van der Waals surface area contributed by atoms with Crippen LogP contribution in [-0.4, -0.2) is 85.6 Å². The first kappa shape index (κ1) is 21.6. The summed E-state index contributed by atoms with van der Waals surface area (Å²) in [6.45, 7) is 11.0. The summed E-state index contributed by atoms with van der Waals surface area (Å²) in [6.07, 6.45) is -1.64. The van der Waals surface area contributed by atoms with Crippen molar-refractivity contribution in [3.63, 3.8) is 0 Å². The van der Waals surface area contributed by atoms with E-state index >= 15 is 0 Å². The van der Waals surface area contributed by atoms with Gasteiger partial charge in [0.2, 0.25) is 6.10 Å². The van der Waals surface area contributed by atoms with Crippen molar-refractivity contribution in [2.24, 2.45) is 0 Å². The van der Waals surface area contributed by atoms with E-state index in [1.807, 2.05) is 25.7 Å². The maximum absolute atomic E-state index is 13.7. The van der Waals surface area contributed by atoms with Crippen LogP contribution in [-0.2, 0) is 14.3 Å². The molecule has 2 amide bonds. The molecule has 0 aromatic heterocycles. The number of piperazine rings is 1. The zero-order valence-corrected chi connectivity index (χ0v) is 16.2. The first-order valence-electron chi connectivity index (χ1n) is 8.59. The average molecular weight is 361 g/mol. The Morgan fingerprint density at radius 1 is 1.12 bits per heavy atom. The molecular weight excluding hydrogens is 329 g/mol. The number of carbonyl (C=O) groups is 2. The third kappa shape index (κ3) is 8.49. The summed E-state index contributed by atoms with van der Waals surface area (Å²) in [4.78, 5) is 28.2. The number of hydrogen-bond donors (Lipinski definition) is 1. The van der Waals surface area contributed by atoms with E-state index in [1.165, 1.54) is 7.11 Å². The van der Waals surface area contributed by atoms with Crippen LogP contribution in [0, 0.1) is 0 Å². The molecule has 1 heterocycles. The third-order valence-electron chi connectivity index (χ3n) is 3.60. The normalized spacial score (nSPS) is 18.0. The molecule has 1 rings (SSSR count). The standard InChI is InChI=1S/C17H32FN3O4/c1-16(2,3)19-15(23)25-13(11-24-6)14(22)21-9-7-20(8-10-21)12-17(4,5)18/h13H,7-12H2,1-6H3,(H,19,23)/t13-/m0/s1. The third-order valence-corrected chi connectivity index (χ3v) is 3.60. The van der Waals surface area contributed by atoms with E-state index in [4.69, 9.17) is 9.47 Å². The molecule has 0 unspecified atom stereocenters. The fourth-order valence-corrected chi connectivity index (χ4v) is 2.63. The van der Waals surface area contributed by atoms with Gasteiger partial charge >= 0.3 is 6.09 Å². The maximum Gasteiger partial charge on any atom is 0.408 e. The van der Waals surface area contributed by atoms with Gasteiger partial charge in [-0.05, 0) is 34.6 Å². The Kier molecular flexibility index (Phi) is 7.62. The molecule has 0 spiro atoms. The Bertz CT molecular complexity index is 452.